The monoisotopic (exact) mass is 316 g/mol. The van der Waals surface area contributed by atoms with Gasteiger partial charge >= 0.3 is 5.97 Å². The van der Waals surface area contributed by atoms with E-state index in [4.69, 9.17) is 14.7 Å². The molecule has 0 unspecified atom stereocenters. The maximum absolute atomic E-state index is 11.8. The van der Waals surface area contributed by atoms with Crippen molar-refractivity contribution in [2.75, 3.05) is 13.7 Å². The Balaban J connectivity index is 2.87. The summed E-state index contributed by atoms with van der Waals surface area (Å²) < 4.78 is 9.85. The lowest BCUT2D eigenvalue weighted by molar-refractivity contribution is -0.385. The van der Waals surface area contributed by atoms with Crippen LogP contribution in [0.5, 0.6) is 0 Å². The van der Waals surface area contributed by atoms with Crippen molar-refractivity contribution in [2.45, 2.75) is 13.0 Å². The molecule has 0 radical (unpaired) electrons. The summed E-state index contributed by atoms with van der Waals surface area (Å²) in [5, 5.41) is 19.9. The van der Waals surface area contributed by atoms with Crippen LogP contribution in [0.4, 0.5) is 5.69 Å². The zero-order chi connectivity index (χ0) is 17.2. The first kappa shape index (κ1) is 18.1. The van der Waals surface area contributed by atoms with Gasteiger partial charge in [-0.1, -0.05) is 18.2 Å². The number of nitro benzene ring substituents is 1. The van der Waals surface area contributed by atoms with E-state index in [1.807, 2.05) is 0 Å². The standard InChI is InChI=1S/C16H16N2O5/c1-12(11-22-2)23-16(19)14(10-17)8-5-7-13-6-3-4-9-15(13)18(20)21/h3-9,12H,11H2,1-2H3/b7-5+,14-8+/t12-/m0/s1. The molecule has 0 aromatic heterocycles. The van der Waals surface area contributed by atoms with Crippen molar-refractivity contribution in [3.63, 3.8) is 0 Å². The van der Waals surface area contributed by atoms with E-state index in [1.165, 1.54) is 31.4 Å². The van der Waals surface area contributed by atoms with E-state index in [9.17, 15) is 14.9 Å². The Labute approximate surface area is 133 Å². The van der Waals surface area contributed by atoms with Crippen molar-refractivity contribution in [1.29, 1.82) is 5.26 Å². The van der Waals surface area contributed by atoms with Gasteiger partial charge in [-0.05, 0) is 25.1 Å². The van der Waals surface area contributed by atoms with Crippen LogP contribution < -0.4 is 0 Å². The Hall–Kier alpha value is -2.98. The Morgan fingerprint density at radius 3 is 2.78 bits per heavy atom. The van der Waals surface area contributed by atoms with Gasteiger partial charge in [-0.2, -0.15) is 5.26 Å². The van der Waals surface area contributed by atoms with E-state index in [0.29, 0.717) is 5.56 Å². The van der Waals surface area contributed by atoms with Gasteiger partial charge in [-0.25, -0.2) is 4.79 Å². The molecule has 1 rings (SSSR count). The van der Waals surface area contributed by atoms with E-state index in [2.05, 4.69) is 0 Å². The molecule has 0 fully saturated rings. The molecule has 0 bridgehead atoms. The van der Waals surface area contributed by atoms with Crippen molar-refractivity contribution >= 4 is 17.7 Å². The van der Waals surface area contributed by atoms with Gasteiger partial charge in [0, 0.05) is 13.2 Å². The zero-order valence-corrected chi connectivity index (χ0v) is 12.8. The molecular weight excluding hydrogens is 300 g/mol. The topological polar surface area (TPSA) is 102 Å². The fraction of sp³-hybridized carbons (Fsp3) is 0.250. The van der Waals surface area contributed by atoms with Crippen molar-refractivity contribution < 1.29 is 19.2 Å². The molecule has 0 spiro atoms. The largest absolute Gasteiger partial charge is 0.456 e. The van der Waals surface area contributed by atoms with Crippen molar-refractivity contribution in [3.8, 4) is 6.07 Å². The van der Waals surface area contributed by atoms with Crippen LogP contribution in [0, 0.1) is 21.4 Å². The number of allylic oxidation sites excluding steroid dienone is 2. The van der Waals surface area contributed by atoms with Crippen molar-refractivity contribution in [1.82, 2.24) is 0 Å². The van der Waals surface area contributed by atoms with Gasteiger partial charge in [0.25, 0.3) is 5.69 Å². The molecule has 1 aromatic carbocycles. The number of hydrogen-bond acceptors (Lipinski definition) is 6. The van der Waals surface area contributed by atoms with Gasteiger partial charge in [0.15, 0.2) is 0 Å². The second-order valence-electron chi connectivity index (χ2n) is 4.54. The molecule has 7 nitrogen and oxygen atoms in total. The molecule has 0 amide bonds. The number of carbonyl (C=O) groups is 1. The Morgan fingerprint density at radius 1 is 1.48 bits per heavy atom. The third-order valence-electron chi connectivity index (χ3n) is 2.72. The molecule has 1 atom stereocenters. The lowest BCUT2D eigenvalue weighted by atomic mass is 10.1. The first-order valence-corrected chi connectivity index (χ1v) is 6.71. The lowest BCUT2D eigenvalue weighted by Gasteiger charge is -2.10. The number of nitriles is 1. The molecule has 120 valence electrons. The maximum atomic E-state index is 11.8. The normalized spacial score (nSPS) is 12.7. The number of nitro groups is 1. The van der Waals surface area contributed by atoms with Crippen LogP contribution in [0.3, 0.4) is 0 Å². The van der Waals surface area contributed by atoms with Crippen LogP contribution in [-0.4, -0.2) is 30.7 Å². The zero-order valence-electron chi connectivity index (χ0n) is 12.8. The van der Waals surface area contributed by atoms with E-state index in [-0.39, 0.29) is 17.9 Å². The average molecular weight is 316 g/mol. The highest BCUT2D eigenvalue weighted by Crippen LogP contribution is 2.19. The molecule has 0 aliphatic heterocycles. The predicted octanol–water partition coefficient (Wildman–Crippen LogP) is 2.64. The molecule has 0 aliphatic carbocycles. The SMILES string of the molecule is COC[C@H](C)OC(=O)/C(C#N)=C/C=C/c1ccccc1[N+](=O)[O-]. The molecule has 0 N–H and O–H groups in total. The van der Waals surface area contributed by atoms with Crippen LogP contribution in [0.1, 0.15) is 12.5 Å². The minimum atomic E-state index is -0.774. The molecule has 0 aliphatic rings. The molecular formula is C16H16N2O5. The smallest absolute Gasteiger partial charge is 0.349 e. The second-order valence-corrected chi connectivity index (χ2v) is 4.54. The summed E-state index contributed by atoms with van der Waals surface area (Å²) in [6, 6.07) is 7.88. The highest BCUT2D eigenvalue weighted by atomic mass is 16.6. The van der Waals surface area contributed by atoms with Crippen molar-refractivity contribution in [2.24, 2.45) is 0 Å². The Morgan fingerprint density at radius 2 is 2.17 bits per heavy atom. The average Bonchev–Trinajstić information content (AvgIpc) is 2.51. The lowest BCUT2D eigenvalue weighted by Crippen LogP contribution is -2.20. The maximum Gasteiger partial charge on any atom is 0.349 e. The number of hydrogen-bond donors (Lipinski definition) is 0. The van der Waals surface area contributed by atoms with Gasteiger partial charge in [0.1, 0.15) is 17.7 Å². The molecule has 23 heavy (non-hydrogen) atoms. The molecule has 0 heterocycles. The van der Waals surface area contributed by atoms with Crippen LogP contribution >= 0.6 is 0 Å². The number of para-hydroxylation sites is 1. The van der Waals surface area contributed by atoms with Gasteiger partial charge < -0.3 is 9.47 Å². The van der Waals surface area contributed by atoms with E-state index in [1.54, 1.807) is 31.2 Å². The quantitative estimate of drug-likeness (QED) is 0.191. The third-order valence-corrected chi connectivity index (χ3v) is 2.72. The summed E-state index contributed by atoms with van der Waals surface area (Å²) in [6.45, 7) is 1.86. The van der Waals surface area contributed by atoms with Crippen LogP contribution in [0.25, 0.3) is 6.08 Å². The molecule has 7 heteroatoms. The van der Waals surface area contributed by atoms with Gasteiger partial charge in [-0.3, -0.25) is 10.1 Å². The van der Waals surface area contributed by atoms with Crippen LogP contribution in [-0.2, 0) is 14.3 Å². The van der Waals surface area contributed by atoms with Gasteiger partial charge in [0.05, 0.1) is 17.1 Å². The summed E-state index contributed by atoms with van der Waals surface area (Å²) in [4.78, 5) is 22.1. The summed E-state index contributed by atoms with van der Waals surface area (Å²) in [6.07, 6.45) is 3.60. The number of methoxy groups -OCH3 is 1. The number of rotatable bonds is 7. The first-order chi connectivity index (χ1) is 11.0. The molecule has 1 aromatic rings. The Bertz CT molecular complexity index is 673. The Kier molecular flexibility index (Phi) is 7.17. The number of esters is 1. The number of benzene rings is 1. The highest BCUT2D eigenvalue weighted by molar-refractivity contribution is 5.93. The minimum absolute atomic E-state index is 0.0630. The summed E-state index contributed by atoms with van der Waals surface area (Å²) >= 11 is 0. The summed E-state index contributed by atoms with van der Waals surface area (Å²) in [5.74, 6) is -0.774. The highest BCUT2D eigenvalue weighted by Gasteiger charge is 2.14. The second kappa shape index (κ2) is 9.12. The minimum Gasteiger partial charge on any atom is -0.456 e. The van der Waals surface area contributed by atoms with E-state index in [0.717, 1.165) is 0 Å². The first-order valence-electron chi connectivity index (χ1n) is 6.71. The molecule has 0 saturated carbocycles. The van der Waals surface area contributed by atoms with E-state index >= 15 is 0 Å². The summed E-state index contributed by atoms with van der Waals surface area (Å²) in [7, 11) is 1.47. The number of ether oxygens (including phenoxy) is 2. The number of carbonyl (C=O) groups excluding carboxylic acids is 1. The molecule has 0 saturated heterocycles. The van der Waals surface area contributed by atoms with Crippen LogP contribution in [0.2, 0.25) is 0 Å². The fourth-order valence-corrected chi connectivity index (χ4v) is 1.71. The van der Waals surface area contributed by atoms with E-state index < -0.39 is 17.0 Å². The van der Waals surface area contributed by atoms with Gasteiger partial charge in [-0.15, -0.1) is 0 Å². The summed E-state index contributed by atoms with van der Waals surface area (Å²) in [5.41, 5.74) is 0.0990. The van der Waals surface area contributed by atoms with Crippen LogP contribution in [0.15, 0.2) is 42.0 Å². The predicted molar refractivity (Wildman–Crippen MR) is 83.3 cm³/mol. The van der Waals surface area contributed by atoms with Crippen molar-refractivity contribution in [3.05, 3.63) is 57.7 Å². The third kappa shape index (κ3) is 5.73. The van der Waals surface area contributed by atoms with Gasteiger partial charge in [0.2, 0.25) is 0 Å². The fourth-order valence-electron chi connectivity index (χ4n) is 1.71. The number of nitrogens with zero attached hydrogens (tertiary/aromatic N) is 2.